The molecule has 2 atom stereocenters. The number of aromatic nitrogens is 1. The lowest BCUT2D eigenvalue weighted by Gasteiger charge is -2.33. The molecule has 7 heteroatoms. The zero-order chi connectivity index (χ0) is 13.3. The van der Waals surface area contributed by atoms with Crippen LogP contribution in [-0.4, -0.2) is 42.0 Å². The second kappa shape index (κ2) is 5.13. The Morgan fingerprint density at radius 2 is 2.22 bits per heavy atom. The van der Waals surface area contributed by atoms with Crippen LogP contribution in [0, 0.1) is 5.92 Å². The Hall–Kier alpha value is -0.690. The Labute approximate surface area is 111 Å². The number of piperidine rings is 1. The number of hydrogen-bond donors (Lipinski definition) is 1. The van der Waals surface area contributed by atoms with Gasteiger partial charge in [0, 0.05) is 19.3 Å². The standard InChI is InChI=1S/C11H15ClN2O3S/c1-8-7-14(5-4-10(8)15)18(16,17)9-2-3-11(12)13-6-9/h2-3,6,8,10,15H,4-5,7H2,1H3. The summed E-state index contributed by atoms with van der Waals surface area (Å²) in [4.78, 5) is 3.92. The van der Waals surface area contributed by atoms with E-state index in [0.29, 0.717) is 19.5 Å². The lowest BCUT2D eigenvalue weighted by molar-refractivity contribution is 0.0628. The molecule has 5 nitrogen and oxygen atoms in total. The zero-order valence-corrected chi connectivity index (χ0v) is 11.5. The monoisotopic (exact) mass is 290 g/mol. The quantitative estimate of drug-likeness (QED) is 0.829. The summed E-state index contributed by atoms with van der Waals surface area (Å²) in [7, 11) is -3.53. The molecule has 1 aliphatic heterocycles. The molecule has 0 spiro atoms. The average Bonchev–Trinajstić information content (AvgIpc) is 2.33. The van der Waals surface area contributed by atoms with Gasteiger partial charge in [0.2, 0.25) is 10.0 Å². The van der Waals surface area contributed by atoms with Crippen LogP contribution >= 0.6 is 11.6 Å². The SMILES string of the molecule is CC1CN(S(=O)(=O)c2ccc(Cl)nc2)CCC1O. The highest BCUT2D eigenvalue weighted by Gasteiger charge is 2.32. The van der Waals surface area contributed by atoms with Gasteiger partial charge in [0.15, 0.2) is 0 Å². The fourth-order valence-corrected chi connectivity index (χ4v) is 3.59. The second-order valence-electron chi connectivity index (χ2n) is 4.51. The van der Waals surface area contributed by atoms with Crippen LogP contribution < -0.4 is 0 Å². The number of pyridine rings is 1. The third-order valence-corrected chi connectivity index (χ3v) is 5.23. The molecule has 1 aliphatic rings. The molecule has 0 radical (unpaired) electrons. The summed E-state index contributed by atoms with van der Waals surface area (Å²) in [5.74, 6) is -0.0613. The highest BCUT2D eigenvalue weighted by Crippen LogP contribution is 2.23. The predicted octanol–water partition coefficient (Wildman–Crippen LogP) is 1.13. The van der Waals surface area contributed by atoms with E-state index >= 15 is 0 Å². The van der Waals surface area contributed by atoms with E-state index in [4.69, 9.17) is 11.6 Å². The van der Waals surface area contributed by atoms with E-state index in [1.54, 1.807) is 0 Å². The first-order valence-corrected chi connectivity index (χ1v) is 7.53. The highest BCUT2D eigenvalue weighted by atomic mass is 35.5. The summed E-state index contributed by atoms with van der Waals surface area (Å²) < 4.78 is 26.0. The molecule has 100 valence electrons. The number of sulfonamides is 1. The van der Waals surface area contributed by atoms with Crippen LogP contribution in [0.5, 0.6) is 0 Å². The second-order valence-corrected chi connectivity index (χ2v) is 6.84. The van der Waals surface area contributed by atoms with E-state index in [0.717, 1.165) is 0 Å². The van der Waals surface area contributed by atoms with Crippen molar-refractivity contribution in [3.8, 4) is 0 Å². The fourth-order valence-electron chi connectivity index (χ4n) is 1.98. The van der Waals surface area contributed by atoms with Gasteiger partial charge in [0.25, 0.3) is 0 Å². The molecule has 1 aromatic rings. The molecule has 2 rings (SSSR count). The normalized spacial score (nSPS) is 26.2. The van der Waals surface area contributed by atoms with Crippen molar-refractivity contribution in [3.63, 3.8) is 0 Å². The van der Waals surface area contributed by atoms with Gasteiger partial charge in [-0.1, -0.05) is 18.5 Å². The van der Waals surface area contributed by atoms with Crippen LogP contribution in [0.3, 0.4) is 0 Å². The van der Waals surface area contributed by atoms with Crippen LogP contribution in [0.1, 0.15) is 13.3 Å². The Morgan fingerprint density at radius 1 is 1.50 bits per heavy atom. The topological polar surface area (TPSA) is 70.5 Å². The van der Waals surface area contributed by atoms with Crippen LogP contribution in [-0.2, 0) is 10.0 Å². The number of halogens is 1. The first-order valence-electron chi connectivity index (χ1n) is 5.71. The molecule has 1 aromatic heterocycles. The van der Waals surface area contributed by atoms with Crippen molar-refractivity contribution in [1.29, 1.82) is 0 Å². The minimum absolute atomic E-state index is 0.0613. The number of hydrogen-bond acceptors (Lipinski definition) is 4. The van der Waals surface area contributed by atoms with Crippen molar-refractivity contribution in [1.82, 2.24) is 9.29 Å². The summed E-state index contributed by atoms with van der Waals surface area (Å²) in [6, 6.07) is 2.90. The van der Waals surface area contributed by atoms with Crippen molar-refractivity contribution < 1.29 is 13.5 Å². The first kappa shape index (κ1) is 13.7. The number of rotatable bonds is 2. The maximum atomic E-state index is 12.3. The van der Waals surface area contributed by atoms with Gasteiger partial charge in [-0.15, -0.1) is 0 Å². The molecular weight excluding hydrogens is 276 g/mol. The van der Waals surface area contributed by atoms with Crippen LogP contribution in [0.15, 0.2) is 23.2 Å². The molecule has 1 fully saturated rings. The molecule has 0 aromatic carbocycles. The van der Waals surface area contributed by atoms with Gasteiger partial charge in [-0.25, -0.2) is 13.4 Å². The Kier molecular flexibility index (Phi) is 3.91. The lowest BCUT2D eigenvalue weighted by Crippen LogP contribution is -2.44. The Morgan fingerprint density at radius 3 is 2.78 bits per heavy atom. The Balaban J connectivity index is 2.24. The minimum atomic E-state index is -3.53. The van der Waals surface area contributed by atoms with Crippen molar-refractivity contribution in [3.05, 3.63) is 23.5 Å². The van der Waals surface area contributed by atoms with Crippen molar-refractivity contribution >= 4 is 21.6 Å². The molecule has 0 aliphatic carbocycles. The summed E-state index contributed by atoms with van der Waals surface area (Å²) in [5.41, 5.74) is 0. The van der Waals surface area contributed by atoms with E-state index in [9.17, 15) is 13.5 Å². The van der Waals surface area contributed by atoms with Gasteiger partial charge in [0.1, 0.15) is 10.0 Å². The summed E-state index contributed by atoms with van der Waals surface area (Å²) in [6.45, 7) is 2.50. The van der Waals surface area contributed by atoms with Gasteiger partial charge in [-0.05, 0) is 24.5 Å². The zero-order valence-electron chi connectivity index (χ0n) is 9.95. The molecule has 2 unspecified atom stereocenters. The van der Waals surface area contributed by atoms with E-state index in [-0.39, 0.29) is 16.0 Å². The largest absolute Gasteiger partial charge is 0.393 e. The molecule has 0 bridgehead atoms. The smallest absolute Gasteiger partial charge is 0.244 e. The van der Waals surface area contributed by atoms with E-state index < -0.39 is 16.1 Å². The third kappa shape index (κ3) is 2.66. The molecule has 0 amide bonds. The summed E-state index contributed by atoms with van der Waals surface area (Å²) >= 11 is 5.64. The molecule has 1 saturated heterocycles. The van der Waals surface area contributed by atoms with Gasteiger partial charge in [-0.2, -0.15) is 4.31 Å². The highest BCUT2D eigenvalue weighted by molar-refractivity contribution is 7.89. The number of aliphatic hydroxyl groups is 1. The lowest BCUT2D eigenvalue weighted by atomic mass is 9.99. The molecule has 0 saturated carbocycles. The molecule has 1 N–H and O–H groups in total. The predicted molar refractivity (Wildman–Crippen MR) is 67.8 cm³/mol. The molecular formula is C11H15ClN2O3S. The maximum Gasteiger partial charge on any atom is 0.244 e. The van der Waals surface area contributed by atoms with Crippen molar-refractivity contribution in [2.45, 2.75) is 24.3 Å². The van der Waals surface area contributed by atoms with Gasteiger partial charge < -0.3 is 5.11 Å². The van der Waals surface area contributed by atoms with Crippen LogP contribution in [0.25, 0.3) is 0 Å². The summed E-state index contributed by atoms with van der Waals surface area (Å²) in [5, 5.41) is 9.88. The van der Waals surface area contributed by atoms with Crippen LogP contribution in [0.2, 0.25) is 5.15 Å². The molecule has 18 heavy (non-hydrogen) atoms. The van der Waals surface area contributed by atoms with E-state index in [1.807, 2.05) is 6.92 Å². The average molecular weight is 291 g/mol. The number of aliphatic hydroxyl groups excluding tert-OH is 1. The van der Waals surface area contributed by atoms with E-state index in [1.165, 1.54) is 22.6 Å². The third-order valence-electron chi connectivity index (χ3n) is 3.16. The van der Waals surface area contributed by atoms with Crippen molar-refractivity contribution in [2.24, 2.45) is 5.92 Å². The minimum Gasteiger partial charge on any atom is -0.393 e. The number of nitrogens with zero attached hydrogens (tertiary/aromatic N) is 2. The Bertz CT molecular complexity index is 518. The van der Waals surface area contributed by atoms with Gasteiger partial charge >= 0.3 is 0 Å². The van der Waals surface area contributed by atoms with Crippen LogP contribution in [0.4, 0.5) is 0 Å². The summed E-state index contributed by atoms with van der Waals surface area (Å²) in [6.07, 6.45) is 1.29. The molecule has 2 heterocycles. The maximum absolute atomic E-state index is 12.3. The van der Waals surface area contributed by atoms with Gasteiger partial charge in [-0.3, -0.25) is 0 Å². The van der Waals surface area contributed by atoms with Crippen molar-refractivity contribution in [2.75, 3.05) is 13.1 Å². The van der Waals surface area contributed by atoms with E-state index in [2.05, 4.69) is 4.98 Å². The van der Waals surface area contributed by atoms with Gasteiger partial charge in [0.05, 0.1) is 6.10 Å². The first-order chi connectivity index (χ1) is 8.41. The fraction of sp³-hybridized carbons (Fsp3) is 0.545.